The normalized spacial score (nSPS) is 16.1. The average molecular weight is 521 g/mol. The van der Waals surface area contributed by atoms with Gasteiger partial charge in [-0.05, 0) is 64.0 Å². The molecule has 0 saturated heterocycles. The first-order valence-corrected chi connectivity index (χ1v) is 13.4. The number of rotatable bonds is 9. The van der Waals surface area contributed by atoms with Gasteiger partial charge in [-0.1, -0.05) is 48.6 Å². The lowest BCUT2D eigenvalue weighted by Gasteiger charge is -2.24. The third-order valence-corrected chi connectivity index (χ3v) is 7.12. The Morgan fingerprint density at radius 2 is 1.84 bits per heavy atom. The minimum Gasteiger partial charge on any atom is -0.494 e. The fourth-order valence-electron chi connectivity index (χ4n) is 4.17. The number of carbonyl (C=O) groups is 1. The Labute approximate surface area is 220 Å². The summed E-state index contributed by atoms with van der Waals surface area (Å²) in [6, 6.07) is 14.4. The molecule has 1 aromatic heterocycles. The van der Waals surface area contributed by atoms with E-state index in [9.17, 15) is 9.59 Å². The standard InChI is InChI=1S/C29H32N2O5S/c1-6-18(4)36-23-12-10-9-11-21(23)17-24-27(32)31-26(20-13-15-22(16-14-20)34-7-2)25(28(33)35-8-3)19(5)30-29(31)37-24/h9-18,26H,6-8H2,1-5H3/b24-17-/t18-,26+/m1/s1. The van der Waals surface area contributed by atoms with Crippen molar-refractivity contribution in [3.63, 3.8) is 0 Å². The summed E-state index contributed by atoms with van der Waals surface area (Å²) in [6.45, 7) is 10.3. The predicted octanol–water partition coefficient (Wildman–Crippen LogP) is 4.37. The SMILES string of the molecule is CCOC(=O)C1=C(C)N=c2s/c(=C\c3ccccc3O[C@H](C)CC)c(=O)n2[C@H]1c1ccc(OCC)cc1. The van der Waals surface area contributed by atoms with Crippen molar-refractivity contribution in [1.82, 2.24) is 4.57 Å². The molecular formula is C29H32N2O5S. The third kappa shape index (κ3) is 5.54. The van der Waals surface area contributed by atoms with Crippen LogP contribution in [0.4, 0.5) is 0 Å². The predicted molar refractivity (Wildman–Crippen MR) is 145 cm³/mol. The number of benzene rings is 2. The monoisotopic (exact) mass is 520 g/mol. The summed E-state index contributed by atoms with van der Waals surface area (Å²) in [4.78, 5) is 32.1. The van der Waals surface area contributed by atoms with Crippen LogP contribution in [0.3, 0.4) is 0 Å². The van der Waals surface area contributed by atoms with Gasteiger partial charge in [-0.3, -0.25) is 9.36 Å². The maximum Gasteiger partial charge on any atom is 0.338 e. The smallest absolute Gasteiger partial charge is 0.338 e. The van der Waals surface area contributed by atoms with Gasteiger partial charge < -0.3 is 14.2 Å². The summed E-state index contributed by atoms with van der Waals surface area (Å²) in [5.74, 6) is 0.952. The zero-order chi connectivity index (χ0) is 26.5. The van der Waals surface area contributed by atoms with Crippen molar-refractivity contribution in [1.29, 1.82) is 0 Å². The van der Waals surface area contributed by atoms with E-state index >= 15 is 0 Å². The lowest BCUT2D eigenvalue weighted by molar-refractivity contribution is -0.139. The summed E-state index contributed by atoms with van der Waals surface area (Å²) in [6.07, 6.45) is 2.75. The second-order valence-electron chi connectivity index (χ2n) is 8.68. The summed E-state index contributed by atoms with van der Waals surface area (Å²) in [5.41, 5.74) is 2.24. The number of fused-ring (bicyclic) bond motifs is 1. The van der Waals surface area contributed by atoms with E-state index in [0.29, 0.717) is 33.0 Å². The number of ether oxygens (including phenoxy) is 3. The van der Waals surface area contributed by atoms with Crippen molar-refractivity contribution in [2.45, 2.75) is 53.2 Å². The van der Waals surface area contributed by atoms with Crippen molar-refractivity contribution >= 4 is 23.4 Å². The van der Waals surface area contributed by atoms with E-state index < -0.39 is 12.0 Å². The number of thiazole rings is 1. The fraction of sp³-hybridized carbons (Fsp3) is 0.345. The molecule has 0 spiro atoms. The van der Waals surface area contributed by atoms with Crippen LogP contribution in [0.25, 0.3) is 6.08 Å². The first kappa shape index (κ1) is 26.4. The Balaban J connectivity index is 1.89. The Morgan fingerprint density at radius 1 is 1.11 bits per heavy atom. The highest BCUT2D eigenvalue weighted by atomic mass is 32.1. The Kier molecular flexibility index (Phi) is 8.28. The first-order valence-electron chi connectivity index (χ1n) is 12.6. The van der Waals surface area contributed by atoms with E-state index in [1.165, 1.54) is 11.3 Å². The van der Waals surface area contributed by atoms with Crippen molar-refractivity contribution in [2.24, 2.45) is 4.99 Å². The molecule has 8 heteroatoms. The van der Waals surface area contributed by atoms with E-state index in [0.717, 1.165) is 23.3 Å². The number of carbonyl (C=O) groups excluding carboxylic acids is 1. The highest BCUT2D eigenvalue weighted by molar-refractivity contribution is 7.07. The van der Waals surface area contributed by atoms with Crippen LogP contribution >= 0.6 is 11.3 Å². The summed E-state index contributed by atoms with van der Waals surface area (Å²) >= 11 is 1.29. The number of allylic oxidation sites excluding steroid dienone is 1. The van der Waals surface area contributed by atoms with Gasteiger partial charge >= 0.3 is 5.97 Å². The molecule has 0 radical (unpaired) electrons. The maximum atomic E-state index is 13.8. The molecule has 0 saturated carbocycles. The summed E-state index contributed by atoms with van der Waals surface area (Å²) in [7, 11) is 0. The van der Waals surface area contributed by atoms with Crippen LogP contribution in [0.15, 0.2) is 69.6 Å². The second-order valence-corrected chi connectivity index (χ2v) is 9.69. The van der Waals surface area contributed by atoms with Crippen molar-refractivity contribution in [3.05, 3.63) is 90.6 Å². The van der Waals surface area contributed by atoms with Crippen LogP contribution in [-0.2, 0) is 9.53 Å². The number of hydrogen-bond donors (Lipinski definition) is 0. The van der Waals surface area contributed by atoms with E-state index in [1.807, 2.05) is 68.5 Å². The number of esters is 1. The molecular weight excluding hydrogens is 488 g/mol. The van der Waals surface area contributed by atoms with Gasteiger partial charge in [0, 0.05) is 5.56 Å². The van der Waals surface area contributed by atoms with Gasteiger partial charge in [0.05, 0.1) is 41.2 Å². The zero-order valence-corrected chi connectivity index (χ0v) is 22.6. The topological polar surface area (TPSA) is 79.1 Å². The molecule has 0 amide bonds. The highest BCUT2D eigenvalue weighted by Crippen LogP contribution is 2.31. The Bertz CT molecular complexity index is 1480. The molecule has 4 rings (SSSR count). The molecule has 7 nitrogen and oxygen atoms in total. The second kappa shape index (κ2) is 11.6. The van der Waals surface area contributed by atoms with Crippen LogP contribution in [0, 0.1) is 0 Å². The molecule has 0 bridgehead atoms. The lowest BCUT2D eigenvalue weighted by atomic mass is 9.96. The number of aromatic nitrogens is 1. The van der Waals surface area contributed by atoms with Gasteiger partial charge in [-0.15, -0.1) is 0 Å². The molecule has 37 heavy (non-hydrogen) atoms. The minimum absolute atomic E-state index is 0.0465. The molecule has 0 aliphatic carbocycles. The number of nitrogens with zero attached hydrogens (tertiary/aromatic N) is 2. The number of para-hydroxylation sites is 1. The molecule has 194 valence electrons. The largest absolute Gasteiger partial charge is 0.494 e. The zero-order valence-electron chi connectivity index (χ0n) is 21.8. The van der Waals surface area contributed by atoms with Crippen molar-refractivity contribution in [2.75, 3.05) is 13.2 Å². The van der Waals surface area contributed by atoms with Crippen LogP contribution in [0.1, 0.15) is 58.2 Å². The Morgan fingerprint density at radius 3 is 2.51 bits per heavy atom. The van der Waals surface area contributed by atoms with Crippen LogP contribution in [0.5, 0.6) is 11.5 Å². The van der Waals surface area contributed by atoms with Crippen molar-refractivity contribution in [3.8, 4) is 11.5 Å². The Hall–Kier alpha value is -3.65. The number of hydrogen-bond acceptors (Lipinski definition) is 7. The highest BCUT2D eigenvalue weighted by Gasteiger charge is 2.33. The third-order valence-electron chi connectivity index (χ3n) is 6.13. The molecule has 3 aromatic rings. The van der Waals surface area contributed by atoms with Gasteiger partial charge in [0.2, 0.25) is 0 Å². The average Bonchev–Trinajstić information content (AvgIpc) is 3.19. The molecule has 2 heterocycles. The van der Waals surface area contributed by atoms with Gasteiger partial charge in [-0.2, -0.15) is 0 Å². The van der Waals surface area contributed by atoms with Crippen LogP contribution in [0.2, 0.25) is 0 Å². The molecule has 2 aromatic carbocycles. The lowest BCUT2D eigenvalue weighted by Crippen LogP contribution is -2.39. The summed E-state index contributed by atoms with van der Waals surface area (Å²) in [5, 5.41) is 0. The van der Waals surface area contributed by atoms with E-state index in [-0.39, 0.29) is 18.3 Å². The molecule has 1 aliphatic rings. The van der Waals surface area contributed by atoms with Gasteiger partial charge in [-0.25, -0.2) is 9.79 Å². The van der Waals surface area contributed by atoms with Crippen LogP contribution < -0.4 is 24.4 Å². The molecule has 0 N–H and O–H groups in total. The van der Waals surface area contributed by atoms with Gasteiger partial charge in [0.25, 0.3) is 5.56 Å². The fourth-order valence-corrected chi connectivity index (χ4v) is 5.21. The quantitative estimate of drug-likeness (QED) is 0.392. The van der Waals surface area contributed by atoms with Gasteiger partial charge in [0.1, 0.15) is 11.5 Å². The maximum absolute atomic E-state index is 13.8. The van der Waals surface area contributed by atoms with Crippen molar-refractivity contribution < 1.29 is 19.0 Å². The summed E-state index contributed by atoms with van der Waals surface area (Å²) < 4.78 is 19.1. The molecule has 0 unspecified atom stereocenters. The van der Waals surface area contributed by atoms with Gasteiger partial charge in [0.15, 0.2) is 4.80 Å². The van der Waals surface area contributed by atoms with Crippen LogP contribution in [-0.4, -0.2) is 29.9 Å². The van der Waals surface area contributed by atoms with E-state index in [4.69, 9.17) is 14.2 Å². The molecule has 1 aliphatic heterocycles. The first-order chi connectivity index (χ1) is 17.9. The van der Waals surface area contributed by atoms with E-state index in [1.54, 1.807) is 18.4 Å². The molecule has 0 fully saturated rings. The van der Waals surface area contributed by atoms with E-state index in [2.05, 4.69) is 11.9 Å². The minimum atomic E-state index is -0.667. The molecule has 2 atom stereocenters.